The van der Waals surface area contributed by atoms with E-state index in [1.807, 2.05) is 0 Å². The minimum Gasteiger partial charge on any atom is -0.390 e. The molecule has 0 bridgehead atoms. The first kappa shape index (κ1) is 11.2. The number of hydrogen-bond donors (Lipinski definition) is 3. The lowest BCUT2D eigenvalue weighted by atomic mass is 10.1. The standard InChI is InChI=1S/C9H12ClNO3/c10-4-3-7(12)9(14)6-1-2-8(13)11-5-6/h1-2,5,7,9,12,14H,3-4H2,(H,11,13). The van der Waals surface area contributed by atoms with Crippen LogP contribution in [0.5, 0.6) is 0 Å². The van der Waals surface area contributed by atoms with Gasteiger partial charge in [-0.25, -0.2) is 0 Å². The van der Waals surface area contributed by atoms with Gasteiger partial charge in [-0.05, 0) is 18.1 Å². The molecule has 0 aliphatic heterocycles. The summed E-state index contributed by atoms with van der Waals surface area (Å²) in [5.74, 6) is 0.279. The average molecular weight is 218 g/mol. The van der Waals surface area contributed by atoms with Crippen LogP contribution in [-0.2, 0) is 0 Å². The van der Waals surface area contributed by atoms with Gasteiger partial charge in [0.05, 0.1) is 6.10 Å². The summed E-state index contributed by atoms with van der Waals surface area (Å²) in [6, 6.07) is 2.77. The molecule has 3 N–H and O–H groups in total. The molecule has 2 unspecified atom stereocenters. The number of nitrogens with one attached hydrogen (secondary N) is 1. The van der Waals surface area contributed by atoms with E-state index in [0.29, 0.717) is 12.0 Å². The first-order chi connectivity index (χ1) is 6.65. The molecule has 0 spiro atoms. The van der Waals surface area contributed by atoms with Gasteiger partial charge in [-0.2, -0.15) is 0 Å². The van der Waals surface area contributed by atoms with E-state index in [2.05, 4.69) is 4.98 Å². The Morgan fingerprint density at radius 1 is 1.43 bits per heavy atom. The fraction of sp³-hybridized carbons (Fsp3) is 0.444. The van der Waals surface area contributed by atoms with Crippen molar-refractivity contribution in [2.75, 3.05) is 5.88 Å². The van der Waals surface area contributed by atoms with Gasteiger partial charge in [0, 0.05) is 18.1 Å². The SMILES string of the molecule is O=c1ccc(C(O)C(O)CCCl)c[nH]1. The highest BCUT2D eigenvalue weighted by Crippen LogP contribution is 2.17. The molecule has 1 rings (SSSR count). The molecule has 78 valence electrons. The highest BCUT2D eigenvalue weighted by Gasteiger charge is 2.17. The number of pyridine rings is 1. The Bertz CT molecular complexity index is 319. The van der Waals surface area contributed by atoms with Crippen molar-refractivity contribution < 1.29 is 10.2 Å². The fourth-order valence-electron chi connectivity index (χ4n) is 1.10. The van der Waals surface area contributed by atoms with Crippen LogP contribution in [-0.4, -0.2) is 27.2 Å². The number of aromatic amines is 1. The van der Waals surface area contributed by atoms with E-state index in [1.54, 1.807) is 0 Å². The van der Waals surface area contributed by atoms with Crippen LogP contribution < -0.4 is 5.56 Å². The van der Waals surface area contributed by atoms with Crippen LogP contribution in [0.25, 0.3) is 0 Å². The lowest BCUT2D eigenvalue weighted by molar-refractivity contribution is 0.0168. The van der Waals surface area contributed by atoms with Gasteiger partial charge in [-0.3, -0.25) is 4.79 Å². The summed E-state index contributed by atoms with van der Waals surface area (Å²) >= 11 is 5.42. The zero-order valence-electron chi connectivity index (χ0n) is 7.48. The molecule has 5 heteroatoms. The van der Waals surface area contributed by atoms with Crippen molar-refractivity contribution in [2.24, 2.45) is 0 Å². The predicted octanol–water partition coefficient (Wildman–Crippen LogP) is 0.398. The minimum atomic E-state index is -1.01. The topological polar surface area (TPSA) is 73.3 Å². The van der Waals surface area contributed by atoms with Crippen molar-refractivity contribution >= 4 is 11.6 Å². The normalized spacial score (nSPS) is 15.1. The van der Waals surface area contributed by atoms with E-state index in [-0.39, 0.29) is 11.4 Å². The third-order valence-corrected chi connectivity index (χ3v) is 2.14. The Morgan fingerprint density at radius 2 is 2.14 bits per heavy atom. The monoisotopic (exact) mass is 217 g/mol. The van der Waals surface area contributed by atoms with Crippen molar-refractivity contribution in [3.63, 3.8) is 0 Å². The Hall–Kier alpha value is -0.840. The van der Waals surface area contributed by atoms with Gasteiger partial charge < -0.3 is 15.2 Å². The molecular formula is C9H12ClNO3. The number of aromatic nitrogens is 1. The second kappa shape index (κ2) is 5.14. The van der Waals surface area contributed by atoms with Gasteiger partial charge in [-0.15, -0.1) is 11.6 Å². The number of alkyl halides is 1. The summed E-state index contributed by atoms with van der Waals surface area (Å²) in [6.07, 6.45) is -0.226. The number of rotatable bonds is 4. The molecule has 0 amide bonds. The number of aliphatic hydroxyl groups is 2. The summed E-state index contributed by atoms with van der Waals surface area (Å²) in [6.45, 7) is 0. The van der Waals surface area contributed by atoms with Crippen LogP contribution in [0.3, 0.4) is 0 Å². The number of hydrogen-bond acceptors (Lipinski definition) is 3. The first-order valence-electron chi connectivity index (χ1n) is 4.26. The van der Waals surface area contributed by atoms with E-state index in [9.17, 15) is 15.0 Å². The molecule has 0 aliphatic carbocycles. The number of halogens is 1. The van der Waals surface area contributed by atoms with E-state index in [0.717, 1.165) is 0 Å². The highest BCUT2D eigenvalue weighted by atomic mass is 35.5. The molecule has 0 saturated carbocycles. The maximum Gasteiger partial charge on any atom is 0.247 e. The molecule has 14 heavy (non-hydrogen) atoms. The quantitative estimate of drug-likeness (QED) is 0.640. The average Bonchev–Trinajstić information content (AvgIpc) is 2.18. The second-order valence-electron chi connectivity index (χ2n) is 2.98. The Balaban J connectivity index is 2.73. The third-order valence-electron chi connectivity index (χ3n) is 1.92. The van der Waals surface area contributed by atoms with Crippen LogP contribution in [0, 0.1) is 0 Å². The summed E-state index contributed by atoms with van der Waals surface area (Å²) in [5.41, 5.74) is 0.231. The van der Waals surface area contributed by atoms with Crippen molar-refractivity contribution in [1.82, 2.24) is 4.98 Å². The maximum atomic E-state index is 10.7. The van der Waals surface area contributed by atoms with Crippen LogP contribution >= 0.6 is 11.6 Å². The van der Waals surface area contributed by atoms with Crippen LogP contribution in [0.2, 0.25) is 0 Å². The Labute approximate surface area is 86.2 Å². The van der Waals surface area contributed by atoms with E-state index in [4.69, 9.17) is 11.6 Å². The van der Waals surface area contributed by atoms with Crippen molar-refractivity contribution in [3.8, 4) is 0 Å². The van der Waals surface area contributed by atoms with Gasteiger partial charge in [-0.1, -0.05) is 0 Å². The smallest absolute Gasteiger partial charge is 0.247 e. The lowest BCUT2D eigenvalue weighted by Crippen LogP contribution is -2.19. The molecule has 1 heterocycles. The molecule has 0 fully saturated rings. The van der Waals surface area contributed by atoms with E-state index < -0.39 is 12.2 Å². The zero-order valence-corrected chi connectivity index (χ0v) is 8.24. The molecule has 0 radical (unpaired) electrons. The molecule has 0 aromatic carbocycles. The van der Waals surface area contributed by atoms with Gasteiger partial charge in [0.15, 0.2) is 0 Å². The molecule has 1 aromatic rings. The molecule has 4 nitrogen and oxygen atoms in total. The van der Waals surface area contributed by atoms with Gasteiger partial charge in [0.2, 0.25) is 5.56 Å². The molecule has 1 aromatic heterocycles. The van der Waals surface area contributed by atoms with Gasteiger partial charge in [0.1, 0.15) is 6.10 Å². The summed E-state index contributed by atoms with van der Waals surface area (Å²) in [4.78, 5) is 13.1. The molecule has 0 saturated heterocycles. The van der Waals surface area contributed by atoms with Crippen molar-refractivity contribution in [1.29, 1.82) is 0 Å². The Kier molecular flexibility index (Phi) is 4.13. The van der Waals surface area contributed by atoms with E-state index in [1.165, 1.54) is 18.3 Å². The molecule has 2 atom stereocenters. The number of H-pyrrole nitrogens is 1. The van der Waals surface area contributed by atoms with Gasteiger partial charge >= 0.3 is 0 Å². The van der Waals surface area contributed by atoms with Crippen LogP contribution in [0.4, 0.5) is 0 Å². The second-order valence-corrected chi connectivity index (χ2v) is 3.35. The number of aliphatic hydroxyl groups excluding tert-OH is 2. The summed E-state index contributed by atoms with van der Waals surface area (Å²) in [5, 5.41) is 19.0. The van der Waals surface area contributed by atoms with Crippen LogP contribution in [0.15, 0.2) is 23.1 Å². The molecular weight excluding hydrogens is 206 g/mol. The molecule has 0 aliphatic rings. The summed E-state index contributed by atoms with van der Waals surface area (Å²) in [7, 11) is 0. The largest absolute Gasteiger partial charge is 0.390 e. The fourth-order valence-corrected chi connectivity index (χ4v) is 1.32. The maximum absolute atomic E-state index is 10.7. The van der Waals surface area contributed by atoms with E-state index >= 15 is 0 Å². The lowest BCUT2D eigenvalue weighted by Gasteiger charge is -2.16. The first-order valence-corrected chi connectivity index (χ1v) is 4.79. The zero-order chi connectivity index (χ0) is 10.6. The van der Waals surface area contributed by atoms with Crippen molar-refractivity contribution in [2.45, 2.75) is 18.6 Å². The third kappa shape index (κ3) is 2.83. The van der Waals surface area contributed by atoms with Crippen molar-refractivity contribution in [3.05, 3.63) is 34.2 Å². The minimum absolute atomic E-state index is 0.243. The summed E-state index contributed by atoms with van der Waals surface area (Å²) < 4.78 is 0. The Morgan fingerprint density at radius 3 is 2.64 bits per heavy atom. The predicted molar refractivity (Wildman–Crippen MR) is 53.4 cm³/mol. The van der Waals surface area contributed by atoms with Gasteiger partial charge in [0.25, 0.3) is 0 Å². The highest BCUT2D eigenvalue weighted by molar-refractivity contribution is 6.17. The van der Waals surface area contributed by atoms with Crippen LogP contribution in [0.1, 0.15) is 18.1 Å².